The Morgan fingerprint density at radius 1 is 0.912 bits per heavy atom. The van der Waals surface area contributed by atoms with Crippen LogP contribution in [-0.4, -0.2) is 29.3 Å². The Balaban J connectivity index is 1.52. The van der Waals surface area contributed by atoms with E-state index in [0.717, 1.165) is 42.3 Å². The van der Waals surface area contributed by atoms with E-state index in [2.05, 4.69) is 27.0 Å². The van der Waals surface area contributed by atoms with Gasteiger partial charge in [0, 0.05) is 37.8 Å². The standard InChI is InChI=1S/C27H28F3N3O/c28-27(29,30)24-19-31-26(18-20-8-11-23(12-9-20)33-15-4-1-5-16-33)32-25(24)13-10-21-6-2-3-7-22(21)14-17-34/h2-3,6-9,11-12,17,19H,1,4-5,10,13-16,18H2. The summed E-state index contributed by atoms with van der Waals surface area (Å²) in [5.74, 6) is 0.370. The highest BCUT2D eigenvalue weighted by Gasteiger charge is 2.34. The fourth-order valence-electron chi connectivity index (χ4n) is 4.47. The monoisotopic (exact) mass is 467 g/mol. The van der Waals surface area contributed by atoms with Crippen LogP contribution in [0.4, 0.5) is 18.9 Å². The van der Waals surface area contributed by atoms with E-state index >= 15 is 0 Å². The number of aldehydes is 1. The first-order valence-corrected chi connectivity index (χ1v) is 11.7. The number of nitrogens with zero attached hydrogens (tertiary/aromatic N) is 3. The molecule has 1 fully saturated rings. The van der Waals surface area contributed by atoms with Gasteiger partial charge >= 0.3 is 6.18 Å². The first-order chi connectivity index (χ1) is 16.4. The molecule has 0 saturated carbocycles. The van der Waals surface area contributed by atoms with Gasteiger partial charge in [-0.3, -0.25) is 0 Å². The van der Waals surface area contributed by atoms with Crippen LogP contribution >= 0.6 is 0 Å². The van der Waals surface area contributed by atoms with Crippen molar-refractivity contribution in [2.45, 2.75) is 51.1 Å². The minimum atomic E-state index is -4.52. The predicted molar refractivity (Wildman–Crippen MR) is 126 cm³/mol. The average molecular weight is 468 g/mol. The topological polar surface area (TPSA) is 46.1 Å². The molecular weight excluding hydrogens is 439 g/mol. The third-order valence-electron chi connectivity index (χ3n) is 6.30. The largest absolute Gasteiger partial charge is 0.419 e. The molecule has 7 heteroatoms. The Labute approximate surface area is 197 Å². The van der Waals surface area contributed by atoms with Gasteiger partial charge in [0.2, 0.25) is 0 Å². The molecule has 0 aliphatic carbocycles. The summed E-state index contributed by atoms with van der Waals surface area (Å²) < 4.78 is 40.9. The SMILES string of the molecule is O=CCc1ccccc1CCc1nc(Cc2ccc(N3CCCCC3)cc2)ncc1C(F)(F)F. The van der Waals surface area contributed by atoms with Crippen LogP contribution in [0.5, 0.6) is 0 Å². The van der Waals surface area contributed by atoms with Gasteiger partial charge in [0.05, 0.1) is 11.3 Å². The van der Waals surface area contributed by atoms with E-state index in [1.807, 2.05) is 36.4 Å². The van der Waals surface area contributed by atoms with E-state index in [0.29, 0.717) is 18.7 Å². The number of hydrogen-bond acceptors (Lipinski definition) is 4. The van der Waals surface area contributed by atoms with E-state index in [1.165, 1.54) is 24.9 Å². The van der Waals surface area contributed by atoms with Crippen molar-refractivity contribution in [3.63, 3.8) is 0 Å². The van der Waals surface area contributed by atoms with Gasteiger partial charge < -0.3 is 9.69 Å². The molecule has 0 atom stereocenters. The number of aryl methyl sites for hydroxylation is 2. The molecule has 34 heavy (non-hydrogen) atoms. The molecule has 1 aliphatic rings. The minimum Gasteiger partial charge on any atom is -0.372 e. The zero-order valence-corrected chi connectivity index (χ0v) is 19.0. The van der Waals surface area contributed by atoms with Crippen LogP contribution in [0.15, 0.2) is 54.7 Å². The molecule has 1 saturated heterocycles. The van der Waals surface area contributed by atoms with Crippen LogP contribution in [0.1, 0.15) is 53.0 Å². The molecule has 4 rings (SSSR count). The number of rotatable bonds is 8. The third-order valence-corrected chi connectivity index (χ3v) is 6.30. The van der Waals surface area contributed by atoms with Gasteiger partial charge in [-0.15, -0.1) is 0 Å². The Morgan fingerprint density at radius 2 is 1.62 bits per heavy atom. The molecule has 0 bridgehead atoms. The molecule has 4 nitrogen and oxygen atoms in total. The number of piperidine rings is 1. The molecule has 1 aromatic heterocycles. The number of aromatic nitrogens is 2. The summed E-state index contributed by atoms with van der Waals surface area (Å²) in [5, 5.41) is 0. The number of benzene rings is 2. The van der Waals surface area contributed by atoms with E-state index in [9.17, 15) is 18.0 Å². The molecule has 2 aromatic carbocycles. The lowest BCUT2D eigenvalue weighted by molar-refractivity contribution is -0.138. The summed E-state index contributed by atoms with van der Waals surface area (Å²) in [4.78, 5) is 21.7. The summed E-state index contributed by atoms with van der Waals surface area (Å²) in [5.41, 5.74) is 3.01. The first-order valence-electron chi connectivity index (χ1n) is 11.7. The van der Waals surface area contributed by atoms with Crippen LogP contribution < -0.4 is 4.90 Å². The maximum absolute atomic E-state index is 13.6. The Bertz CT molecular complexity index is 1110. The molecule has 3 aromatic rings. The van der Waals surface area contributed by atoms with E-state index in [4.69, 9.17) is 0 Å². The van der Waals surface area contributed by atoms with Crippen LogP contribution in [0, 0.1) is 0 Å². The normalized spacial score (nSPS) is 14.3. The molecule has 178 valence electrons. The van der Waals surface area contributed by atoms with Gasteiger partial charge in [0.1, 0.15) is 12.1 Å². The minimum absolute atomic E-state index is 0.0108. The van der Waals surface area contributed by atoms with Crippen molar-refractivity contribution >= 4 is 12.0 Å². The quantitative estimate of drug-likeness (QED) is 0.405. The zero-order valence-electron chi connectivity index (χ0n) is 19.0. The fourth-order valence-corrected chi connectivity index (χ4v) is 4.47. The van der Waals surface area contributed by atoms with Crippen molar-refractivity contribution in [3.05, 3.63) is 88.5 Å². The van der Waals surface area contributed by atoms with Crippen molar-refractivity contribution in [2.75, 3.05) is 18.0 Å². The van der Waals surface area contributed by atoms with Gasteiger partial charge in [-0.1, -0.05) is 36.4 Å². The van der Waals surface area contributed by atoms with Gasteiger partial charge in [-0.2, -0.15) is 13.2 Å². The van der Waals surface area contributed by atoms with Crippen LogP contribution in [0.2, 0.25) is 0 Å². The van der Waals surface area contributed by atoms with Gasteiger partial charge in [0.15, 0.2) is 0 Å². The highest BCUT2D eigenvalue weighted by molar-refractivity contribution is 5.56. The molecular formula is C27H28F3N3O. The second kappa shape index (κ2) is 10.8. The third kappa shape index (κ3) is 6.01. The van der Waals surface area contributed by atoms with Crippen molar-refractivity contribution in [1.29, 1.82) is 0 Å². The molecule has 1 aliphatic heterocycles. The van der Waals surface area contributed by atoms with Crippen molar-refractivity contribution in [2.24, 2.45) is 0 Å². The second-order valence-corrected chi connectivity index (χ2v) is 8.67. The second-order valence-electron chi connectivity index (χ2n) is 8.67. The highest BCUT2D eigenvalue weighted by atomic mass is 19.4. The van der Waals surface area contributed by atoms with Gasteiger partial charge in [0.25, 0.3) is 0 Å². The number of halogens is 3. The Hall–Kier alpha value is -3.22. The van der Waals surface area contributed by atoms with E-state index in [-0.39, 0.29) is 18.5 Å². The van der Waals surface area contributed by atoms with Crippen LogP contribution in [0.3, 0.4) is 0 Å². The van der Waals surface area contributed by atoms with Crippen LogP contribution in [0.25, 0.3) is 0 Å². The number of alkyl halides is 3. The molecule has 0 amide bonds. The molecule has 0 radical (unpaired) electrons. The van der Waals surface area contributed by atoms with E-state index in [1.54, 1.807) is 0 Å². The molecule has 0 spiro atoms. The van der Waals surface area contributed by atoms with Crippen molar-refractivity contribution < 1.29 is 18.0 Å². The number of hydrogen-bond donors (Lipinski definition) is 0. The summed E-state index contributed by atoms with van der Waals surface area (Å²) >= 11 is 0. The molecule has 0 unspecified atom stereocenters. The summed E-state index contributed by atoms with van der Waals surface area (Å²) in [7, 11) is 0. The highest BCUT2D eigenvalue weighted by Crippen LogP contribution is 2.32. The summed E-state index contributed by atoms with van der Waals surface area (Å²) in [6.07, 6.45) is 1.95. The summed E-state index contributed by atoms with van der Waals surface area (Å²) in [6.45, 7) is 2.11. The smallest absolute Gasteiger partial charge is 0.372 e. The number of carbonyl (C=O) groups is 1. The summed E-state index contributed by atoms with van der Waals surface area (Å²) in [6, 6.07) is 15.5. The average Bonchev–Trinajstić information content (AvgIpc) is 2.84. The number of anilines is 1. The molecule has 0 N–H and O–H groups in total. The zero-order chi connectivity index (χ0) is 24.0. The van der Waals surface area contributed by atoms with Crippen LogP contribution in [-0.2, 0) is 36.7 Å². The van der Waals surface area contributed by atoms with Crippen molar-refractivity contribution in [3.8, 4) is 0 Å². The Kier molecular flexibility index (Phi) is 7.60. The molecule has 2 heterocycles. The maximum atomic E-state index is 13.6. The lowest BCUT2D eigenvalue weighted by atomic mass is 9.99. The first kappa shape index (κ1) is 23.9. The van der Waals surface area contributed by atoms with Gasteiger partial charge in [-0.25, -0.2) is 9.97 Å². The maximum Gasteiger partial charge on any atom is 0.419 e. The van der Waals surface area contributed by atoms with Gasteiger partial charge in [-0.05, 0) is 60.9 Å². The number of carbonyl (C=O) groups excluding carboxylic acids is 1. The van der Waals surface area contributed by atoms with Crippen molar-refractivity contribution in [1.82, 2.24) is 9.97 Å². The Morgan fingerprint density at radius 3 is 2.29 bits per heavy atom. The van der Waals surface area contributed by atoms with E-state index < -0.39 is 11.7 Å². The predicted octanol–water partition coefficient (Wildman–Crippen LogP) is 5.60. The lowest BCUT2D eigenvalue weighted by Gasteiger charge is -2.28. The lowest BCUT2D eigenvalue weighted by Crippen LogP contribution is -2.29. The fraction of sp³-hybridized carbons (Fsp3) is 0.370.